The predicted molar refractivity (Wildman–Crippen MR) is 76.4 cm³/mol. The second-order valence-electron chi connectivity index (χ2n) is 5.44. The Morgan fingerprint density at radius 1 is 1.53 bits per heavy atom. The number of rotatable bonds is 2. The SMILES string of the molecule is COc1ccc(C(=O)N2CC(O)CC2(C)C)cc1Br. The zero-order valence-electron chi connectivity index (χ0n) is 11.3. The second-order valence-corrected chi connectivity index (χ2v) is 6.29. The van der Waals surface area contributed by atoms with Gasteiger partial charge in [-0.2, -0.15) is 0 Å². The highest BCUT2D eigenvalue weighted by atomic mass is 79.9. The van der Waals surface area contributed by atoms with Crippen molar-refractivity contribution in [2.24, 2.45) is 0 Å². The molecule has 1 heterocycles. The van der Waals surface area contributed by atoms with E-state index < -0.39 is 6.10 Å². The van der Waals surface area contributed by atoms with Gasteiger partial charge in [-0.15, -0.1) is 0 Å². The van der Waals surface area contributed by atoms with Gasteiger partial charge in [0, 0.05) is 17.6 Å². The van der Waals surface area contributed by atoms with Crippen LogP contribution in [0.4, 0.5) is 0 Å². The molecule has 1 N–H and O–H groups in total. The minimum atomic E-state index is -0.444. The van der Waals surface area contributed by atoms with Gasteiger partial charge in [-0.05, 0) is 54.4 Å². The summed E-state index contributed by atoms with van der Waals surface area (Å²) in [6.45, 7) is 4.33. The van der Waals surface area contributed by atoms with Crippen LogP contribution >= 0.6 is 15.9 Å². The molecule has 0 radical (unpaired) electrons. The number of carbonyl (C=O) groups is 1. The monoisotopic (exact) mass is 327 g/mol. The zero-order valence-corrected chi connectivity index (χ0v) is 12.9. The molecule has 104 valence electrons. The molecule has 1 unspecified atom stereocenters. The summed E-state index contributed by atoms with van der Waals surface area (Å²) in [5.41, 5.74) is 0.276. The molecule has 1 aliphatic rings. The lowest BCUT2D eigenvalue weighted by Crippen LogP contribution is -2.42. The Kier molecular flexibility index (Phi) is 3.87. The Balaban J connectivity index is 2.27. The van der Waals surface area contributed by atoms with E-state index in [0.717, 1.165) is 4.47 Å². The molecule has 1 amide bonds. The number of likely N-dealkylation sites (tertiary alicyclic amines) is 1. The summed E-state index contributed by atoms with van der Waals surface area (Å²) in [5.74, 6) is 0.627. The molecule has 2 rings (SSSR count). The standard InChI is InChI=1S/C14H18BrNO3/c1-14(2)7-10(17)8-16(14)13(18)9-4-5-12(19-3)11(15)6-9/h4-6,10,17H,7-8H2,1-3H3. The van der Waals surface area contributed by atoms with Gasteiger partial charge < -0.3 is 14.7 Å². The van der Waals surface area contributed by atoms with Crippen molar-refractivity contribution in [3.8, 4) is 5.75 Å². The van der Waals surface area contributed by atoms with Crippen LogP contribution < -0.4 is 4.74 Å². The number of hydrogen-bond donors (Lipinski definition) is 1. The summed E-state index contributed by atoms with van der Waals surface area (Å²) in [7, 11) is 1.58. The number of aliphatic hydroxyl groups is 1. The van der Waals surface area contributed by atoms with E-state index in [-0.39, 0.29) is 11.4 Å². The largest absolute Gasteiger partial charge is 0.496 e. The van der Waals surface area contributed by atoms with Crippen LogP contribution in [-0.4, -0.2) is 41.2 Å². The fraction of sp³-hybridized carbons (Fsp3) is 0.500. The third kappa shape index (κ3) is 2.77. The highest BCUT2D eigenvalue weighted by Gasteiger charge is 2.40. The smallest absolute Gasteiger partial charge is 0.254 e. The van der Waals surface area contributed by atoms with Crippen molar-refractivity contribution in [3.63, 3.8) is 0 Å². The maximum Gasteiger partial charge on any atom is 0.254 e. The third-order valence-corrected chi connectivity index (χ3v) is 4.12. The minimum absolute atomic E-state index is 0.0649. The number of carbonyl (C=O) groups excluding carboxylic acids is 1. The molecule has 19 heavy (non-hydrogen) atoms. The molecular weight excluding hydrogens is 310 g/mol. The highest BCUT2D eigenvalue weighted by Crippen LogP contribution is 2.32. The maximum atomic E-state index is 12.5. The van der Waals surface area contributed by atoms with Crippen molar-refractivity contribution in [2.75, 3.05) is 13.7 Å². The summed E-state index contributed by atoms with van der Waals surface area (Å²) in [6.07, 6.45) is 0.163. The lowest BCUT2D eigenvalue weighted by molar-refractivity contribution is 0.0641. The van der Waals surface area contributed by atoms with Gasteiger partial charge in [-0.1, -0.05) is 0 Å². The minimum Gasteiger partial charge on any atom is -0.496 e. The molecule has 0 spiro atoms. The molecule has 0 bridgehead atoms. The summed E-state index contributed by atoms with van der Waals surface area (Å²) in [6, 6.07) is 5.26. The summed E-state index contributed by atoms with van der Waals surface area (Å²) in [4.78, 5) is 14.2. The first kappa shape index (κ1) is 14.3. The average molecular weight is 328 g/mol. The molecule has 1 aromatic carbocycles. The first-order valence-electron chi connectivity index (χ1n) is 6.19. The van der Waals surface area contributed by atoms with E-state index in [2.05, 4.69) is 15.9 Å². The lowest BCUT2D eigenvalue weighted by atomic mass is 10.0. The van der Waals surface area contributed by atoms with Gasteiger partial charge in [0.15, 0.2) is 0 Å². The van der Waals surface area contributed by atoms with Crippen molar-refractivity contribution < 1.29 is 14.6 Å². The Labute approximate surface area is 121 Å². The van der Waals surface area contributed by atoms with Crippen molar-refractivity contribution >= 4 is 21.8 Å². The fourth-order valence-electron chi connectivity index (χ4n) is 2.52. The third-order valence-electron chi connectivity index (χ3n) is 3.50. The number of hydrogen-bond acceptors (Lipinski definition) is 3. The van der Waals surface area contributed by atoms with Gasteiger partial charge in [0.25, 0.3) is 5.91 Å². The van der Waals surface area contributed by atoms with E-state index in [1.807, 2.05) is 13.8 Å². The van der Waals surface area contributed by atoms with Crippen molar-refractivity contribution in [3.05, 3.63) is 28.2 Å². The van der Waals surface area contributed by atoms with Gasteiger partial charge in [0.05, 0.1) is 17.7 Å². The molecule has 1 aliphatic heterocycles. The van der Waals surface area contributed by atoms with Crippen LogP contribution in [0.25, 0.3) is 0 Å². The molecule has 1 saturated heterocycles. The molecule has 1 aromatic rings. The second kappa shape index (κ2) is 5.13. The van der Waals surface area contributed by atoms with Gasteiger partial charge in [-0.3, -0.25) is 4.79 Å². The first-order chi connectivity index (χ1) is 8.85. The quantitative estimate of drug-likeness (QED) is 0.907. The molecule has 5 heteroatoms. The molecule has 4 nitrogen and oxygen atoms in total. The van der Waals surface area contributed by atoms with Crippen LogP contribution in [0.5, 0.6) is 5.75 Å². The number of amides is 1. The van der Waals surface area contributed by atoms with Crippen molar-refractivity contribution in [1.82, 2.24) is 4.90 Å². The van der Waals surface area contributed by atoms with E-state index in [0.29, 0.717) is 24.3 Å². The Morgan fingerprint density at radius 3 is 2.68 bits per heavy atom. The number of aliphatic hydroxyl groups excluding tert-OH is 1. The van der Waals surface area contributed by atoms with Crippen LogP contribution in [0.15, 0.2) is 22.7 Å². The number of ether oxygens (including phenoxy) is 1. The number of β-amino-alcohol motifs (C(OH)–C–C–N with tert-alkyl or cyclic N) is 1. The van der Waals surface area contributed by atoms with Crippen molar-refractivity contribution in [2.45, 2.75) is 31.9 Å². The summed E-state index contributed by atoms with van der Waals surface area (Å²) in [5, 5.41) is 9.74. The van der Waals surface area contributed by atoms with E-state index in [1.54, 1.807) is 30.2 Å². The average Bonchev–Trinajstić information content (AvgIpc) is 2.61. The highest BCUT2D eigenvalue weighted by molar-refractivity contribution is 9.10. The molecule has 0 saturated carbocycles. The summed E-state index contributed by atoms with van der Waals surface area (Å²) < 4.78 is 5.90. The van der Waals surface area contributed by atoms with Crippen LogP contribution in [0, 0.1) is 0 Å². The van der Waals surface area contributed by atoms with E-state index in [4.69, 9.17) is 4.74 Å². The Hall–Kier alpha value is -1.07. The predicted octanol–water partition coefficient (Wildman–Crippen LogP) is 2.44. The Morgan fingerprint density at radius 2 is 2.21 bits per heavy atom. The van der Waals surface area contributed by atoms with Gasteiger partial charge in [-0.25, -0.2) is 0 Å². The lowest BCUT2D eigenvalue weighted by Gasteiger charge is -2.31. The van der Waals surface area contributed by atoms with E-state index >= 15 is 0 Å². The molecular formula is C14H18BrNO3. The zero-order chi connectivity index (χ0) is 14.2. The normalized spacial score (nSPS) is 21.5. The van der Waals surface area contributed by atoms with Gasteiger partial charge >= 0.3 is 0 Å². The van der Waals surface area contributed by atoms with Crippen LogP contribution in [0.1, 0.15) is 30.6 Å². The molecule has 1 fully saturated rings. The maximum absolute atomic E-state index is 12.5. The number of halogens is 1. The topological polar surface area (TPSA) is 49.8 Å². The molecule has 0 aromatic heterocycles. The van der Waals surface area contributed by atoms with Crippen molar-refractivity contribution in [1.29, 1.82) is 0 Å². The van der Waals surface area contributed by atoms with Crippen LogP contribution in [-0.2, 0) is 0 Å². The van der Waals surface area contributed by atoms with Gasteiger partial charge in [0.1, 0.15) is 5.75 Å². The van der Waals surface area contributed by atoms with E-state index in [9.17, 15) is 9.90 Å². The van der Waals surface area contributed by atoms with Gasteiger partial charge in [0.2, 0.25) is 0 Å². The van der Waals surface area contributed by atoms with Crippen LogP contribution in [0.2, 0.25) is 0 Å². The number of benzene rings is 1. The Bertz CT molecular complexity index is 501. The number of methoxy groups -OCH3 is 1. The first-order valence-corrected chi connectivity index (χ1v) is 6.98. The van der Waals surface area contributed by atoms with Crippen LogP contribution in [0.3, 0.4) is 0 Å². The summed E-state index contributed by atoms with van der Waals surface area (Å²) >= 11 is 3.38. The van der Waals surface area contributed by atoms with E-state index in [1.165, 1.54) is 0 Å². The molecule has 0 aliphatic carbocycles. The molecule has 1 atom stereocenters. The number of nitrogens with zero attached hydrogens (tertiary/aromatic N) is 1. The fourth-order valence-corrected chi connectivity index (χ4v) is 3.06.